The zero-order chi connectivity index (χ0) is 9.12. The van der Waals surface area contributed by atoms with Crippen molar-refractivity contribution in [1.82, 2.24) is 0 Å². The minimum absolute atomic E-state index is 0.359. The third-order valence-electron chi connectivity index (χ3n) is 0.941. The Kier molecular flexibility index (Phi) is 4.09. The highest BCUT2D eigenvalue weighted by atomic mass is 79.9. The van der Waals surface area contributed by atoms with Gasteiger partial charge in [-0.15, -0.1) is 0 Å². The van der Waals surface area contributed by atoms with Crippen LogP contribution in [0.2, 0.25) is 0 Å². The second-order valence-electron chi connectivity index (χ2n) is 3.72. The van der Waals surface area contributed by atoms with E-state index in [4.69, 9.17) is 16.4 Å². The first kappa shape index (κ1) is 11.5. The maximum Gasteiger partial charge on any atom is 0.112 e. The van der Waals surface area contributed by atoms with Gasteiger partial charge < -0.3 is 8.57 Å². The average Bonchev–Trinajstić information content (AvgIpc) is 1.55. The van der Waals surface area contributed by atoms with E-state index in [2.05, 4.69) is 16.3 Å². The molecule has 0 atom stereocenters. The van der Waals surface area contributed by atoms with E-state index in [1.54, 1.807) is 0 Å². The van der Waals surface area contributed by atoms with Gasteiger partial charge in [-0.2, -0.15) is 0 Å². The molecule has 0 aromatic carbocycles. The number of halogens is 1. The molecule has 2 nitrogen and oxygen atoms in total. The van der Waals surface area contributed by atoms with E-state index in [0.29, 0.717) is 6.61 Å². The van der Waals surface area contributed by atoms with Crippen LogP contribution in [0.15, 0.2) is 0 Å². The smallest absolute Gasteiger partial charge is 0.112 e. The molecule has 0 N–H and O–H groups in total. The summed E-state index contributed by atoms with van der Waals surface area (Å²) in [6, 6.07) is 0. The zero-order valence-corrected chi connectivity index (χ0v) is 9.06. The van der Waals surface area contributed by atoms with E-state index in [1.807, 2.05) is 27.7 Å². The monoisotopic (exact) mass is 220 g/mol. The Labute approximate surface area is 78.5 Å². The maximum absolute atomic E-state index is 5.66. The van der Waals surface area contributed by atoms with Crippen LogP contribution in [0.3, 0.4) is 0 Å². The molecule has 4 heteroatoms. The molecule has 0 aliphatic rings. The van der Waals surface area contributed by atoms with Gasteiger partial charge in [-0.1, -0.05) is 0 Å². The molecule has 0 spiro atoms. The quantitative estimate of drug-likeness (QED) is 0.676. The minimum Gasteiger partial charge on any atom is -0.377 e. The predicted molar refractivity (Wildman–Crippen MR) is 49.9 cm³/mol. The summed E-state index contributed by atoms with van der Waals surface area (Å²) in [6.45, 7) is 7.92. The Morgan fingerprint density at radius 1 is 1.27 bits per heavy atom. The summed E-state index contributed by atoms with van der Waals surface area (Å²) >= 11 is 2.87. The van der Waals surface area contributed by atoms with E-state index in [-0.39, 0.29) is 5.60 Å². The van der Waals surface area contributed by atoms with Crippen molar-refractivity contribution < 1.29 is 8.57 Å². The number of hydrogen-bond acceptors (Lipinski definition) is 2. The Bertz CT molecular complexity index is 120. The molecule has 2 radical (unpaired) electrons. The summed E-state index contributed by atoms with van der Waals surface area (Å²) in [5.74, 6) is 0. The van der Waals surface area contributed by atoms with Crippen LogP contribution in [0, 0.1) is 0 Å². The Morgan fingerprint density at radius 3 is 2.00 bits per heavy atom. The van der Waals surface area contributed by atoms with Gasteiger partial charge in [-0.25, -0.2) is 0 Å². The predicted octanol–water partition coefficient (Wildman–Crippen LogP) is 2.01. The Balaban J connectivity index is 3.91. The molecule has 0 aromatic rings. The van der Waals surface area contributed by atoms with Gasteiger partial charge in [0.25, 0.3) is 0 Å². The number of rotatable bonds is 4. The number of hydrogen-bond donors (Lipinski definition) is 0. The van der Waals surface area contributed by atoms with E-state index < -0.39 is 5.50 Å². The first-order valence-corrected chi connectivity index (χ1v) is 4.14. The summed E-state index contributed by atoms with van der Waals surface area (Å²) in [4.78, 5) is 0. The highest BCUT2D eigenvalue weighted by molar-refractivity contribution is 9.06. The van der Waals surface area contributed by atoms with Crippen molar-refractivity contribution in [2.24, 2.45) is 0 Å². The van der Waals surface area contributed by atoms with Crippen LogP contribution in [-0.4, -0.2) is 25.6 Å². The van der Waals surface area contributed by atoms with Crippen molar-refractivity contribution >= 4 is 24.1 Å². The van der Waals surface area contributed by atoms with Gasteiger partial charge in [-0.05, 0) is 27.7 Å². The topological polar surface area (TPSA) is 18.5 Å². The van der Waals surface area contributed by atoms with Crippen LogP contribution >= 0.6 is 16.3 Å². The fourth-order valence-electron chi connectivity index (χ4n) is 0.873. The average molecular weight is 221 g/mol. The lowest BCUT2D eigenvalue weighted by molar-refractivity contribution is -0.0949. The SMILES string of the molecule is [B]C(C)(C)OC(C)(C)COBr. The summed E-state index contributed by atoms with van der Waals surface area (Å²) < 4.78 is 10.3. The highest BCUT2D eigenvalue weighted by Gasteiger charge is 2.25. The molecule has 0 rings (SSSR count). The van der Waals surface area contributed by atoms with Crippen LogP contribution < -0.4 is 0 Å². The second-order valence-corrected chi connectivity index (χ2v) is 4.18. The van der Waals surface area contributed by atoms with Gasteiger partial charge in [-0.3, -0.25) is 0 Å². The van der Waals surface area contributed by atoms with Crippen LogP contribution in [0.25, 0.3) is 0 Å². The summed E-state index contributed by atoms with van der Waals surface area (Å²) in [5.41, 5.74) is -0.975. The normalized spacial score (nSPS) is 13.5. The maximum atomic E-state index is 5.66. The molecule has 0 unspecified atom stereocenters. The molecule has 0 bridgehead atoms. The van der Waals surface area contributed by atoms with Crippen molar-refractivity contribution in [3.63, 3.8) is 0 Å². The zero-order valence-electron chi connectivity index (χ0n) is 7.48. The molecule has 0 amide bonds. The fraction of sp³-hybridized carbons (Fsp3) is 1.00. The molecule has 0 fully saturated rings. The van der Waals surface area contributed by atoms with Crippen molar-refractivity contribution in [3.8, 4) is 0 Å². The van der Waals surface area contributed by atoms with E-state index in [0.717, 1.165) is 0 Å². The van der Waals surface area contributed by atoms with E-state index in [1.165, 1.54) is 0 Å². The summed E-state index contributed by atoms with van der Waals surface area (Å²) in [7, 11) is 5.66. The standard InChI is InChI=1S/C7H14BBrO2/c1-6(2,5-10-9)11-7(3,4)8/h5H2,1-4H3. The second kappa shape index (κ2) is 3.92. The first-order valence-electron chi connectivity index (χ1n) is 3.49. The summed E-state index contributed by atoms with van der Waals surface area (Å²) in [6.07, 6.45) is 0. The van der Waals surface area contributed by atoms with Crippen LogP contribution in [-0.2, 0) is 8.57 Å². The van der Waals surface area contributed by atoms with Gasteiger partial charge >= 0.3 is 0 Å². The largest absolute Gasteiger partial charge is 0.377 e. The molecule has 0 saturated heterocycles. The fourth-order valence-corrected chi connectivity index (χ4v) is 1.42. The molecule has 0 heterocycles. The third-order valence-corrected chi connectivity index (χ3v) is 1.17. The van der Waals surface area contributed by atoms with Gasteiger partial charge in [0, 0.05) is 5.50 Å². The van der Waals surface area contributed by atoms with Crippen molar-refractivity contribution in [2.45, 2.75) is 38.8 Å². The van der Waals surface area contributed by atoms with Crippen LogP contribution in [0.4, 0.5) is 0 Å². The van der Waals surface area contributed by atoms with Gasteiger partial charge in [0.05, 0.1) is 28.5 Å². The van der Waals surface area contributed by atoms with Gasteiger partial charge in [0.1, 0.15) is 7.85 Å². The molecular weight excluding hydrogens is 207 g/mol. The van der Waals surface area contributed by atoms with Crippen molar-refractivity contribution in [1.29, 1.82) is 0 Å². The van der Waals surface area contributed by atoms with E-state index in [9.17, 15) is 0 Å². The lowest BCUT2D eigenvalue weighted by atomic mass is 9.85. The number of ether oxygens (including phenoxy) is 1. The summed E-state index contributed by atoms with van der Waals surface area (Å²) in [5, 5.41) is 0. The first-order chi connectivity index (χ1) is 4.77. The molecule has 0 aromatic heterocycles. The van der Waals surface area contributed by atoms with E-state index >= 15 is 0 Å². The lowest BCUT2D eigenvalue weighted by Gasteiger charge is -2.33. The Morgan fingerprint density at radius 2 is 1.73 bits per heavy atom. The van der Waals surface area contributed by atoms with Crippen molar-refractivity contribution in [2.75, 3.05) is 6.61 Å². The van der Waals surface area contributed by atoms with Crippen LogP contribution in [0.5, 0.6) is 0 Å². The molecule has 0 aliphatic heterocycles. The Hall–Kier alpha value is 0.465. The van der Waals surface area contributed by atoms with Crippen molar-refractivity contribution in [3.05, 3.63) is 0 Å². The van der Waals surface area contributed by atoms with Gasteiger partial charge in [0.15, 0.2) is 0 Å². The molecule has 0 aliphatic carbocycles. The van der Waals surface area contributed by atoms with Gasteiger partial charge in [0.2, 0.25) is 0 Å². The molecular formula is C7H14BBrO2. The van der Waals surface area contributed by atoms with Crippen LogP contribution in [0.1, 0.15) is 27.7 Å². The molecule has 0 saturated carbocycles. The minimum atomic E-state index is -0.616. The highest BCUT2D eigenvalue weighted by Crippen LogP contribution is 2.18. The molecule has 64 valence electrons. The third kappa shape index (κ3) is 6.85. The lowest BCUT2D eigenvalue weighted by Crippen LogP contribution is -2.39. The molecule has 11 heavy (non-hydrogen) atoms.